The van der Waals surface area contributed by atoms with Crippen LogP contribution in [-0.2, 0) is 0 Å². The van der Waals surface area contributed by atoms with Crippen molar-refractivity contribution in [3.05, 3.63) is 10.6 Å². The second-order valence-corrected chi connectivity index (χ2v) is 4.29. The minimum absolute atomic E-state index is 0. The number of aryl methyl sites for hydroxylation is 1. The minimum atomic E-state index is 0. The van der Waals surface area contributed by atoms with Gasteiger partial charge in [0.2, 0.25) is 0 Å². The summed E-state index contributed by atoms with van der Waals surface area (Å²) in [5, 5.41) is 4.01. The first-order valence-corrected chi connectivity index (χ1v) is 5.07. The lowest BCUT2D eigenvalue weighted by atomic mass is 10.3. The molecule has 5 heteroatoms. The van der Waals surface area contributed by atoms with Crippen molar-refractivity contribution in [1.82, 2.24) is 4.98 Å². The molecule has 3 nitrogen and oxygen atoms in total. The molecule has 80 valence electrons. The lowest BCUT2D eigenvalue weighted by Gasteiger charge is -2.03. The molecule has 1 rings (SSSR count). The molecule has 0 aliphatic heterocycles. The van der Waals surface area contributed by atoms with Crippen molar-refractivity contribution < 1.29 is 4.79 Å². The third-order valence-corrected chi connectivity index (χ3v) is 2.72. The molecule has 1 heterocycles. The fourth-order valence-corrected chi connectivity index (χ4v) is 2.04. The van der Waals surface area contributed by atoms with Crippen LogP contribution in [0, 0.1) is 6.92 Å². The number of halogens is 1. The van der Waals surface area contributed by atoms with E-state index in [0.717, 1.165) is 15.7 Å². The van der Waals surface area contributed by atoms with Gasteiger partial charge < -0.3 is 5.32 Å². The molecule has 0 aliphatic carbocycles. The number of ketones is 1. The summed E-state index contributed by atoms with van der Waals surface area (Å²) >= 11 is 1.42. The Hall–Kier alpha value is -0.610. The van der Waals surface area contributed by atoms with Gasteiger partial charge in [0.05, 0.1) is 10.6 Å². The molecule has 0 fully saturated rings. The largest absolute Gasteiger partial charge is 0.359 e. The third kappa shape index (κ3) is 3.27. The van der Waals surface area contributed by atoms with Crippen LogP contribution in [0.5, 0.6) is 0 Å². The van der Waals surface area contributed by atoms with E-state index >= 15 is 0 Å². The van der Waals surface area contributed by atoms with E-state index in [1.54, 1.807) is 6.92 Å². The second kappa shape index (κ2) is 5.32. The molecule has 0 radical (unpaired) electrons. The summed E-state index contributed by atoms with van der Waals surface area (Å²) in [6.07, 6.45) is 0. The number of Topliss-reactive ketones (excluding diaryl/α,β-unsaturated/α-hetero) is 1. The zero-order valence-electron chi connectivity index (χ0n) is 8.75. The van der Waals surface area contributed by atoms with E-state index < -0.39 is 0 Å². The average Bonchev–Trinajstić information content (AvgIpc) is 2.29. The van der Waals surface area contributed by atoms with Crippen LogP contribution in [0.15, 0.2) is 0 Å². The van der Waals surface area contributed by atoms with Crippen molar-refractivity contribution in [2.24, 2.45) is 0 Å². The highest BCUT2D eigenvalue weighted by Crippen LogP contribution is 2.23. The van der Waals surface area contributed by atoms with Crippen LogP contribution in [0.2, 0.25) is 0 Å². The number of hydrogen-bond acceptors (Lipinski definition) is 4. The Morgan fingerprint density at radius 1 is 1.50 bits per heavy atom. The van der Waals surface area contributed by atoms with Crippen molar-refractivity contribution in [3.63, 3.8) is 0 Å². The Bertz CT molecular complexity index is 323. The number of carbonyl (C=O) groups excluding carboxylic acids is 1. The van der Waals surface area contributed by atoms with Gasteiger partial charge in [-0.05, 0) is 20.8 Å². The Balaban J connectivity index is 0.00000169. The smallest absolute Gasteiger partial charge is 0.183 e. The van der Waals surface area contributed by atoms with Crippen molar-refractivity contribution in [2.75, 3.05) is 5.32 Å². The Labute approximate surface area is 94.3 Å². The fourth-order valence-electron chi connectivity index (χ4n) is 1.03. The fraction of sp³-hybridized carbons (Fsp3) is 0.556. The summed E-state index contributed by atoms with van der Waals surface area (Å²) in [5.41, 5.74) is 0.820. The van der Waals surface area contributed by atoms with Crippen LogP contribution in [-0.4, -0.2) is 16.8 Å². The number of rotatable bonds is 3. The highest BCUT2D eigenvalue weighted by atomic mass is 35.5. The quantitative estimate of drug-likeness (QED) is 0.818. The molecule has 1 aromatic heterocycles. The second-order valence-electron chi connectivity index (χ2n) is 3.29. The molecule has 0 atom stereocenters. The molecule has 0 spiro atoms. The molecule has 1 aromatic rings. The van der Waals surface area contributed by atoms with E-state index in [1.807, 2.05) is 20.8 Å². The molecule has 0 amide bonds. The molecule has 0 aromatic carbocycles. The predicted octanol–water partition coefficient (Wildman–Crippen LogP) is 2.90. The van der Waals surface area contributed by atoms with Crippen LogP contribution >= 0.6 is 23.7 Å². The zero-order valence-corrected chi connectivity index (χ0v) is 10.4. The normalized spacial score (nSPS) is 9.79. The predicted molar refractivity (Wildman–Crippen MR) is 62.9 cm³/mol. The molecule has 0 aliphatic rings. The highest BCUT2D eigenvalue weighted by Gasteiger charge is 2.11. The summed E-state index contributed by atoms with van der Waals surface area (Å²) in [5.74, 6) is 0.0896. The summed E-state index contributed by atoms with van der Waals surface area (Å²) in [6.45, 7) is 7.52. The van der Waals surface area contributed by atoms with Crippen LogP contribution in [0.1, 0.15) is 36.1 Å². The third-order valence-electron chi connectivity index (χ3n) is 1.53. The SMILES string of the molecule is CC(=O)c1sc(NC(C)C)nc1C.Cl. The molecular formula is C9H15ClN2OS. The first-order chi connectivity index (χ1) is 6.00. The van der Waals surface area contributed by atoms with Gasteiger partial charge in [-0.15, -0.1) is 12.4 Å². The number of carbonyl (C=O) groups is 1. The van der Waals surface area contributed by atoms with E-state index in [1.165, 1.54) is 11.3 Å². The Morgan fingerprint density at radius 2 is 2.07 bits per heavy atom. The molecule has 0 bridgehead atoms. The van der Waals surface area contributed by atoms with Crippen molar-refractivity contribution >= 4 is 34.7 Å². The van der Waals surface area contributed by atoms with Gasteiger partial charge in [0, 0.05) is 13.0 Å². The number of nitrogens with zero attached hydrogens (tertiary/aromatic N) is 1. The van der Waals surface area contributed by atoms with E-state index in [9.17, 15) is 4.79 Å². The molecule has 1 N–H and O–H groups in total. The van der Waals surface area contributed by atoms with Gasteiger partial charge in [-0.2, -0.15) is 0 Å². The standard InChI is InChI=1S/C9H14N2OS.ClH/c1-5(2)10-9-11-6(3)8(13-9)7(4)12;/h5H,1-4H3,(H,10,11);1H. The molecule has 0 unspecified atom stereocenters. The number of hydrogen-bond donors (Lipinski definition) is 1. The first kappa shape index (κ1) is 13.4. The number of thiazole rings is 1. The number of anilines is 1. The van der Waals surface area contributed by atoms with Gasteiger partial charge in [0.1, 0.15) is 0 Å². The van der Waals surface area contributed by atoms with Crippen molar-refractivity contribution in [1.29, 1.82) is 0 Å². The zero-order chi connectivity index (χ0) is 10.0. The van der Waals surface area contributed by atoms with Gasteiger partial charge in [-0.3, -0.25) is 4.79 Å². The summed E-state index contributed by atoms with van der Waals surface area (Å²) in [4.78, 5) is 16.1. The van der Waals surface area contributed by atoms with Crippen LogP contribution in [0.25, 0.3) is 0 Å². The lowest BCUT2D eigenvalue weighted by molar-refractivity contribution is 0.102. The Morgan fingerprint density at radius 3 is 2.43 bits per heavy atom. The highest BCUT2D eigenvalue weighted by molar-refractivity contribution is 7.17. The Kier molecular flexibility index (Phi) is 5.08. The van der Waals surface area contributed by atoms with E-state index in [2.05, 4.69) is 10.3 Å². The van der Waals surface area contributed by atoms with Crippen LogP contribution in [0.4, 0.5) is 5.13 Å². The molecule has 0 saturated heterocycles. The van der Waals surface area contributed by atoms with Gasteiger partial charge in [-0.1, -0.05) is 11.3 Å². The maximum absolute atomic E-state index is 11.1. The maximum atomic E-state index is 11.1. The molecule has 0 saturated carbocycles. The van der Waals surface area contributed by atoms with E-state index in [-0.39, 0.29) is 18.2 Å². The number of nitrogens with one attached hydrogen (secondary N) is 1. The molecular weight excluding hydrogens is 220 g/mol. The average molecular weight is 235 g/mol. The monoisotopic (exact) mass is 234 g/mol. The van der Waals surface area contributed by atoms with Gasteiger partial charge >= 0.3 is 0 Å². The van der Waals surface area contributed by atoms with Crippen molar-refractivity contribution in [2.45, 2.75) is 33.7 Å². The summed E-state index contributed by atoms with van der Waals surface area (Å²) in [7, 11) is 0. The van der Waals surface area contributed by atoms with E-state index in [4.69, 9.17) is 0 Å². The maximum Gasteiger partial charge on any atom is 0.183 e. The van der Waals surface area contributed by atoms with E-state index in [0.29, 0.717) is 6.04 Å². The lowest BCUT2D eigenvalue weighted by Crippen LogP contribution is -2.08. The first-order valence-electron chi connectivity index (χ1n) is 4.25. The summed E-state index contributed by atoms with van der Waals surface area (Å²) in [6, 6.07) is 0.352. The van der Waals surface area contributed by atoms with Gasteiger partial charge in [0.25, 0.3) is 0 Å². The number of aromatic nitrogens is 1. The van der Waals surface area contributed by atoms with Crippen molar-refractivity contribution in [3.8, 4) is 0 Å². The van der Waals surface area contributed by atoms with Crippen LogP contribution < -0.4 is 5.32 Å². The van der Waals surface area contributed by atoms with Gasteiger partial charge in [0.15, 0.2) is 10.9 Å². The van der Waals surface area contributed by atoms with Crippen LogP contribution in [0.3, 0.4) is 0 Å². The minimum Gasteiger partial charge on any atom is -0.359 e. The summed E-state index contributed by atoms with van der Waals surface area (Å²) < 4.78 is 0. The molecule has 14 heavy (non-hydrogen) atoms. The topological polar surface area (TPSA) is 42.0 Å². The van der Waals surface area contributed by atoms with Gasteiger partial charge in [-0.25, -0.2) is 4.98 Å².